The van der Waals surface area contributed by atoms with E-state index in [-0.39, 0.29) is 12.2 Å². The minimum Gasteiger partial charge on any atom is -0.471 e. The Morgan fingerprint density at radius 1 is 1.38 bits per heavy atom. The van der Waals surface area contributed by atoms with Crippen LogP contribution < -0.4 is 0 Å². The maximum Gasteiger partial charge on any atom is 0.416 e. The van der Waals surface area contributed by atoms with Crippen LogP contribution in [0.5, 0.6) is 0 Å². The molecule has 85 valence electrons. The van der Waals surface area contributed by atoms with E-state index in [1.165, 1.54) is 0 Å². The van der Waals surface area contributed by atoms with Crippen molar-refractivity contribution in [1.82, 2.24) is 0 Å². The van der Waals surface area contributed by atoms with E-state index in [0.29, 0.717) is 6.07 Å². The molecular formula is C10H6F4NO. The van der Waals surface area contributed by atoms with Crippen molar-refractivity contribution in [2.24, 2.45) is 4.99 Å². The van der Waals surface area contributed by atoms with Crippen molar-refractivity contribution in [3.63, 3.8) is 0 Å². The van der Waals surface area contributed by atoms with Crippen molar-refractivity contribution in [3.8, 4) is 0 Å². The SMILES string of the molecule is Fc1ccc(C(F)(F)F)c(C2CO[C]=N2)c1. The summed E-state index contributed by atoms with van der Waals surface area (Å²) in [5, 5.41) is 0. The summed E-state index contributed by atoms with van der Waals surface area (Å²) >= 11 is 0. The van der Waals surface area contributed by atoms with Crippen LogP contribution in [0.4, 0.5) is 17.6 Å². The van der Waals surface area contributed by atoms with Crippen LogP contribution in [0.25, 0.3) is 0 Å². The van der Waals surface area contributed by atoms with Crippen LogP contribution >= 0.6 is 0 Å². The third kappa shape index (κ3) is 2.00. The highest BCUT2D eigenvalue weighted by Crippen LogP contribution is 2.36. The molecule has 2 nitrogen and oxygen atoms in total. The van der Waals surface area contributed by atoms with Gasteiger partial charge < -0.3 is 4.74 Å². The summed E-state index contributed by atoms with van der Waals surface area (Å²) in [4.78, 5) is 3.58. The summed E-state index contributed by atoms with van der Waals surface area (Å²) in [6, 6.07) is 1.47. The first-order valence-corrected chi connectivity index (χ1v) is 4.42. The van der Waals surface area contributed by atoms with Gasteiger partial charge in [0.25, 0.3) is 6.40 Å². The largest absolute Gasteiger partial charge is 0.471 e. The van der Waals surface area contributed by atoms with E-state index in [1.807, 2.05) is 0 Å². The zero-order valence-electron chi connectivity index (χ0n) is 7.88. The van der Waals surface area contributed by atoms with Crippen LogP contribution in [0.3, 0.4) is 0 Å². The van der Waals surface area contributed by atoms with Crippen molar-refractivity contribution in [2.75, 3.05) is 6.61 Å². The van der Waals surface area contributed by atoms with Gasteiger partial charge in [-0.15, -0.1) is 0 Å². The number of alkyl halides is 3. The highest BCUT2D eigenvalue weighted by atomic mass is 19.4. The van der Waals surface area contributed by atoms with Gasteiger partial charge in [-0.05, 0) is 23.8 Å². The van der Waals surface area contributed by atoms with E-state index in [4.69, 9.17) is 0 Å². The zero-order chi connectivity index (χ0) is 11.8. The van der Waals surface area contributed by atoms with Crippen LogP contribution in [0.15, 0.2) is 23.2 Å². The summed E-state index contributed by atoms with van der Waals surface area (Å²) in [5.41, 5.74) is -1.12. The summed E-state index contributed by atoms with van der Waals surface area (Å²) in [6.45, 7) is -0.0491. The van der Waals surface area contributed by atoms with Crippen LogP contribution in [-0.4, -0.2) is 13.0 Å². The Balaban J connectivity index is 2.48. The molecule has 1 aromatic carbocycles. The molecule has 1 heterocycles. The molecular weight excluding hydrogens is 226 g/mol. The van der Waals surface area contributed by atoms with Gasteiger partial charge in [0, 0.05) is 0 Å². The fourth-order valence-electron chi connectivity index (χ4n) is 1.48. The van der Waals surface area contributed by atoms with Crippen molar-refractivity contribution >= 4 is 6.40 Å². The van der Waals surface area contributed by atoms with Gasteiger partial charge in [0.1, 0.15) is 18.5 Å². The average molecular weight is 232 g/mol. The molecule has 0 N–H and O–H groups in total. The van der Waals surface area contributed by atoms with Gasteiger partial charge in [-0.2, -0.15) is 13.2 Å². The average Bonchev–Trinajstić information content (AvgIpc) is 2.68. The molecule has 0 fully saturated rings. The van der Waals surface area contributed by atoms with Crippen LogP contribution in [-0.2, 0) is 10.9 Å². The second kappa shape index (κ2) is 3.77. The number of rotatable bonds is 1. The maximum absolute atomic E-state index is 12.9. The van der Waals surface area contributed by atoms with Crippen molar-refractivity contribution < 1.29 is 22.3 Å². The van der Waals surface area contributed by atoms with E-state index < -0.39 is 23.6 Å². The fourth-order valence-corrected chi connectivity index (χ4v) is 1.48. The summed E-state index contributed by atoms with van der Waals surface area (Å²) in [6.07, 6.45) is -2.42. The van der Waals surface area contributed by atoms with E-state index in [0.717, 1.165) is 12.1 Å². The van der Waals surface area contributed by atoms with E-state index in [9.17, 15) is 17.6 Å². The molecule has 6 heteroatoms. The molecule has 0 aliphatic carbocycles. The lowest BCUT2D eigenvalue weighted by Gasteiger charge is -2.14. The first-order chi connectivity index (χ1) is 7.48. The fraction of sp³-hybridized carbons (Fsp3) is 0.300. The highest BCUT2D eigenvalue weighted by Gasteiger charge is 2.36. The Morgan fingerprint density at radius 3 is 2.69 bits per heavy atom. The molecule has 1 atom stereocenters. The molecule has 1 aliphatic rings. The molecule has 1 aliphatic heterocycles. The predicted molar refractivity (Wildman–Crippen MR) is 47.5 cm³/mol. The van der Waals surface area contributed by atoms with Crippen LogP contribution in [0, 0.1) is 5.82 Å². The Labute approximate surface area is 88.6 Å². The third-order valence-electron chi connectivity index (χ3n) is 2.19. The number of nitrogens with zero attached hydrogens (tertiary/aromatic N) is 1. The van der Waals surface area contributed by atoms with E-state index in [2.05, 4.69) is 16.1 Å². The lowest BCUT2D eigenvalue weighted by molar-refractivity contribution is -0.138. The van der Waals surface area contributed by atoms with Crippen LogP contribution in [0.2, 0.25) is 0 Å². The summed E-state index contributed by atoms with van der Waals surface area (Å²) in [5.74, 6) is -0.731. The number of ether oxygens (including phenoxy) is 1. The monoisotopic (exact) mass is 232 g/mol. The molecule has 1 radical (unpaired) electrons. The standard InChI is InChI=1S/C10H6F4NO/c11-6-1-2-8(10(12,13)14)7(3-6)9-4-16-5-15-9/h1-3,9H,4H2. The molecule has 0 amide bonds. The van der Waals surface area contributed by atoms with Gasteiger partial charge in [-0.3, -0.25) is 0 Å². The second-order valence-electron chi connectivity index (χ2n) is 3.28. The zero-order valence-corrected chi connectivity index (χ0v) is 7.88. The Hall–Kier alpha value is -1.59. The molecule has 0 spiro atoms. The Morgan fingerprint density at radius 2 is 2.12 bits per heavy atom. The smallest absolute Gasteiger partial charge is 0.416 e. The molecule has 16 heavy (non-hydrogen) atoms. The minimum atomic E-state index is -4.53. The molecule has 0 aromatic heterocycles. The van der Waals surface area contributed by atoms with Crippen molar-refractivity contribution in [2.45, 2.75) is 12.2 Å². The number of halogens is 4. The first-order valence-electron chi connectivity index (χ1n) is 4.42. The van der Waals surface area contributed by atoms with Gasteiger partial charge in [0.05, 0.1) is 5.56 Å². The van der Waals surface area contributed by atoms with Gasteiger partial charge in [0.15, 0.2) is 0 Å². The molecule has 2 rings (SSSR count). The number of benzene rings is 1. The maximum atomic E-state index is 12.9. The van der Waals surface area contributed by atoms with Gasteiger partial charge in [-0.25, -0.2) is 9.38 Å². The van der Waals surface area contributed by atoms with E-state index in [1.54, 1.807) is 0 Å². The summed E-state index contributed by atoms with van der Waals surface area (Å²) in [7, 11) is 0. The van der Waals surface area contributed by atoms with Gasteiger partial charge in [0.2, 0.25) is 0 Å². The van der Waals surface area contributed by atoms with Crippen molar-refractivity contribution in [3.05, 3.63) is 35.1 Å². The lowest BCUT2D eigenvalue weighted by Crippen LogP contribution is -2.12. The summed E-state index contributed by atoms with van der Waals surface area (Å²) < 4.78 is 55.4. The molecule has 1 aromatic rings. The Bertz CT molecular complexity index is 427. The highest BCUT2D eigenvalue weighted by molar-refractivity contribution is 5.51. The number of hydrogen-bond donors (Lipinski definition) is 0. The Kier molecular flexibility index (Phi) is 2.57. The topological polar surface area (TPSA) is 21.6 Å². The lowest BCUT2D eigenvalue weighted by atomic mass is 10.0. The van der Waals surface area contributed by atoms with Crippen molar-refractivity contribution in [1.29, 1.82) is 0 Å². The normalized spacial score (nSPS) is 19.9. The second-order valence-corrected chi connectivity index (χ2v) is 3.28. The van der Waals surface area contributed by atoms with Gasteiger partial charge in [-0.1, -0.05) is 0 Å². The molecule has 0 bridgehead atoms. The first kappa shape index (κ1) is 10.9. The molecule has 1 unspecified atom stereocenters. The van der Waals surface area contributed by atoms with Crippen LogP contribution in [0.1, 0.15) is 17.2 Å². The van der Waals surface area contributed by atoms with Gasteiger partial charge >= 0.3 is 6.18 Å². The quantitative estimate of drug-likeness (QED) is 0.682. The number of hydrogen-bond acceptors (Lipinski definition) is 2. The molecule has 0 saturated heterocycles. The minimum absolute atomic E-state index is 0.0491. The predicted octanol–water partition coefficient (Wildman–Crippen LogP) is 2.82. The number of aliphatic imine (C=N–C) groups is 1. The molecule has 0 saturated carbocycles. The third-order valence-corrected chi connectivity index (χ3v) is 2.19. The van der Waals surface area contributed by atoms with E-state index >= 15 is 0 Å².